The SMILES string of the molecule is COCc1nc(N2CCNCC2)c2c3c(sc2n1)CCCC3. The molecule has 1 aliphatic carbocycles. The number of nitrogens with one attached hydrogen (secondary N) is 1. The van der Waals surface area contributed by atoms with Crippen molar-refractivity contribution in [2.45, 2.75) is 32.3 Å². The fourth-order valence-corrected chi connectivity index (χ4v) is 4.75. The van der Waals surface area contributed by atoms with Crippen molar-refractivity contribution in [3.05, 3.63) is 16.3 Å². The van der Waals surface area contributed by atoms with E-state index in [1.54, 1.807) is 7.11 Å². The third-order valence-corrected chi connectivity index (χ3v) is 5.72. The van der Waals surface area contributed by atoms with E-state index in [9.17, 15) is 0 Å². The van der Waals surface area contributed by atoms with Crippen LogP contribution in [0.25, 0.3) is 10.2 Å². The van der Waals surface area contributed by atoms with Gasteiger partial charge in [-0.2, -0.15) is 0 Å². The molecule has 4 rings (SSSR count). The predicted octanol–water partition coefficient (Wildman–Crippen LogP) is 2.13. The minimum Gasteiger partial charge on any atom is -0.377 e. The molecule has 6 heteroatoms. The Balaban J connectivity index is 1.87. The van der Waals surface area contributed by atoms with E-state index in [4.69, 9.17) is 14.7 Å². The van der Waals surface area contributed by atoms with E-state index >= 15 is 0 Å². The predicted molar refractivity (Wildman–Crippen MR) is 89.9 cm³/mol. The van der Waals surface area contributed by atoms with Crippen LogP contribution in [0, 0.1) is 0 Å². The normalized spacial score (nSPS) is 18.7. The molecule has 0 spiro atoms. The van der Waals surface area contributed by atoms with Crippen LogP contribution < -0.4 is 10.2 Å². The second-order valence-electron chi connectivity index (χ2n) is 6.02. The van der Waals surface area contributed by atoms with Crippen molar-refractivity contribution < 1.29 is 4.74 Å². The fraction of sp³-hybridized carbons (Fsp3) is 0.625. The van der Waals surface area contributed by atoms with Crippen molar-refractivity contribution in [3.8, 4) is 0 Å². The lowest BCUT2D eigenvalue weighted by molar-refractivity contribution is 0.178. The minimum atomic E-state index is 0.484. The highest BCUT2D eigenvalue weighted by Gasteiger charge is 2.24. The summed E-state index contributed by atoms with van der Waals surface area (Å²) in [5, 5.41) is 4.74. The molecule has 2 aromatic heterocycles. The summed E-state index contributed by atoms with van der Waals surface area (Å²) >= 11 is 1.87. The van der Waals surface area contributed by atoms with Gasteiger partial charge in [-0.25, -0.2) is 9.97 Å². The summed E-state index contributed by atoms with van der Waals surface area (Å²) in [6.07, 6.45) is 4.99. The molecule has 0 aromatic carbocycles. The van der Waals surface area contributed by atoms with E-state index in [0.29, 0.717) is 6.61 Å². The lowest BCUT2D eigenvalue weighted by Gasteiger charge is -2.29. The molecule has 0 saturated carbocycles. The van der Waals surface area contributed by atoms with E-state index in [0.717, 1.165) is 42.7 Å². The lowest BCUT2D eigenvalue weighted by atomic mass is 9.97. The molecule has 1 aliphatic heterocycles. The molecule has 1 N–H and O–H groups in total. The van der Waals surface area contributed by atoms with Gasteiger partial charge < -0.3 is 15.0 Å². The third-order valence-electron chi connectivity index (χ3n) is 4.53. The van der Waals surface area contributed by atoms with Gasteiger partial charge in [0.15, 0.2) is 5.82 Å². The van der Waals surface area contributed by atoms with Gasteiger partial charge in [0, 0.05) is 38.2 Å². The van der Waals surface area contributed by atoms with E-state index in [2.05, 4.69) is 10.2 Å². The molecular weight excluding hydrogens is 296 g/mol. The molecule has 118 valence electrons. The Morgan fingerprint density at radius 2 is 2.00 bits per heavy atom. The van der Waals surface area contributed by atoms with Crippen LogP contribution in [0.3, 0.4) is 0 Å². The average molecular weight is 318 g/mol. The summed E-state index contributed by atoms with van der Waals surface area (Å²) in [7, 11) is 1.71. The summed E-state index contributed by atoms with van der Waals surface area (Å²) in [6.45, 7) is 4.57. The van der Waals surface area contributed by atoms with Gasteiger partial charge in [0.2, 0.25) is 0 Å². The molecule has 0 radical (unpaired) electrons. The smallest absolute Gasteiger partial charge is 0.158 e. The molecule has 0 amide bonds. The van der Waals surface area contributed by atoms with E-state index in [-0.39, 0.29) is 0 Å². The van der Waals surface area contributed by atoms with Crippen LogP contribution in [-0.4, -0.2) is 43.3 Å². The molecule has 1 fully saturated rings. The Morgan fingerprint density at radius 1 is 1.18 bits per heavy atom. The quantitative estimate of drug-likeness (QED) is 0.939. The fourth-order valence-electron chi connectivity index (χ4n) is 3.48. The Hall–Kier alpha value is -1.24. The number of aryl methyl sites for hydroxylation is 2. The number of nitrogens with zero attached hydrogens (tertiary/aromatic N) is 3. The number of rotatable bonds is 3. The summed E-state index contributed by atoms with van der Waals surface area (Å²) in [5.74, 6) is 1.94. The zero-order chi connectivity index (χ0) is 14.9. The van der Waals surface area contributed by atoms with Crippen LogP contribution in [0.15, 0.2) is 0 Å². The zero-order valence-corrected chi connectivity index (χ0v) is 13.8. The van der Waals surface area contributed by atoms with Crippen LogP contribution in [-0.2, 0) is 24.2 Å². The van der Waals surface area contributed by atoms with Crippen LogP contribution in [0.4, 0.5) is 5.82 Å². The maximum atomic E-state index is 5.27. The largest absolute Gasteiger partial charge is 0.377 e. The highest BCUT2D eigenvalue weighted by Crippen LogP contribution is 2.39. The summed E-state index contributed by atoms with van der Waals surface area (Å²) in [4.78, 5) is 14.7. The van der Waals surface area contributed by atoms with Crippen LogP contribution in [0.2, 0.25) is 0 Å². The molecule has 5 nitrogen and oxygen atoms in total. The summed E-state index contributed by atoms with van der Waals surface area (Å²) in [6, 6.07) is 0. The summed E-state index contributed by atoms with van der Waals surface area (Å²) in [5.41, 5.74) is 1.52. The van der Waals surface area contributed by atoms with Gasteiger partial charge >= 0.3 is 0 Å². The maximum absolute atomic E-state index is 5.27. The van der Waals surface area contributed by atoms with Gasteiger partial charge in [0.05, 0.1) is 5.39 Å². The molecule has 1 saturated heterocycles. The van der Waals surface area contributed by atoms with Crippen LogP contribution in [0.1, 0.15) is 29.1 Å². The number of aromatic nitrogens is 2. The number of thiophene rings is 1. The van der Waals surface area contributed by atoms with Gasteiger partial charge in [0.1, 0.15) is 17.3 Å². The van der Waals surface area contributed by atoms with Crippen molar-refractivity contribution >= 4 is 27.4 Å². The molecule has 22 heavy (non-hydrogen) atoms. The summed E-state index contributed by atoms with van der Waals surface area (Å²) < 4.78 is 5.27. The Labute approximate surface area is 134 Å². The van der Waals surface area contributed by atoms with Crippen LogP contribution >= 0.6 is 11.3 Å². The van der Waals surface area contributed by atoms with E-state index in [1.165, 1.54) is 41.5 Å². The second-order valence-corrected chi connectivity index (χ2v) is 7.11. The Morgan fingerprint density at radius 3 is 2.82 bits per heavy atom. The van der Waals surface area contributed by atoms with Gasteiger partial charge in [0.25, 0.3) is 0 Å². The lowest BCUT2D eigenvalue weighted by Crippen LogP contribution is -2.44. The number of fused-ring (bicyclic) bond motifs is 3. The molecule has 0 bridgehead atoms. The number of anilines is 1. The standard InChI is InChI=1S/C16H22N4OS/c1-21-10-13-18-15(20-8-6-17-7-9-20)14-11-4-2-3-5-12(11)22-16(14)19-13/h17H,2-10H2,1H3. The highest BCUT2D eigenvalue weighted by atomic mass is 32.1. The van der Waals surface area contributed by atoms with Crippen LogP contribution in [0.5, 0.6) is 0 Å². The average Bonchev–Trinajstić information content (AvgIpc) is 2.93. The minimum absolute atomic E-state index is 0.484. The van der Waals surface area contributed by atoms with Crippen molar-refractivity contribution in [2.75, 3.05) is 38.2 Å². The first-order valence-corrected chi connectivity index (χ1v) is 8.94. The van der Waals surface area contributed by atoms with Crippen molar-refractivity contribution in [1.29, 1.82) is 0 Å². The molecule has 2 aromatic rings. The number of hydrogen-bond acceptors (Lipinski definition) is 6. The van der Waals surface area contributed by atoms with Gasteiger partial charge in [-0.1, -0.05) is 0 Å². The highest BCUT2D eigenvalue weighted by molar-refractivity contribution is 7.19. The van der Waals surface area contributed by atoms with Gasteiger partial charge in [-0.15, -0.1) is 11.3 Å². The first kappa shape index (κ1) is 14.4. The molecule has 0 unspecified atom stereocenters. The molecule has 3 heterocycles. The zero-order valence-electron chi connectivity index (χ0n) is 13.0. The Bertz CT molecular complexity index is 678. The molecule has 0 atom stereocenters. The number of ether oxygens (including phenoxy) is 1. The Kier molecular flexibility index (Phi) is 3.98. The van der Waals surface area contributed by atoms with E-state index in [1.807, 2.05) is 11.3 Å². The molecule has 2 aliphatic rings. The first-order valence-electron chi connectivity index (χ1n) is 8.12. The number of methoxy groups -OCH3 is 1. The topological polar surface area (TPSA) is 50.3 Å². The molecular formula is C16H22N4OS. The van der Waals surface area contributed by atoms with Gasteiger partial charge in [-0.3, -0.25) is 0 Å². The number of piperazine rings is 1. The number of hydrogen-bond donors (Lipinski definition) is 1. The van der Waals surface area contributed by atoms with Gasteiger partial charge in [-0.05, 0) is 31.2 Å². The van der Waals surface area contributed by atoms with Crippen molar-refractivity contribution in [1.82, 2.24) is 15.3 Å². The maximum Gasteiger partial charge on any atom is 0.158 e. The third kappa shape index (κ3) is 2.49. The van der Waals surface area contributed by atoms with Crippen molar-refractivity contribution in [3.63, 3.8) is 0 Å². The second kappa shape index (κ2) is 6.10. The van der Waals surface area contributed by atoms with Crippen molar-refractivity contribution in [2.24, 2.45) is 0 Å². The first-order chi connectivity index (χ1) is 10.9. The van der Waals surface area contributed by atoms with E-state index < -0.39 is 0 Å². The monoisotopic (exact) mass is 318 g/mol.